The van der Waals surface area contributed by atoms with E-state index in [9.17, 15) is 9.59 Å². The second kappa shape index (κ2) is 8.77. The molecule has 0 saturated carbocycles. The summed E-state index contributed by atoms with van der Waals surface area (Å²) in [6, 6.07) is 11.1. The lowest BCUT2D eigenvalue weighted by molar-refractivity contribution is 0.0528. The van der Waals surface area contributed by atoms with Gasteiger partial charge in [-0.2, -0.15) is 0 Å². The van der Waals surface area contributed by atoms with Crippen LogP contribution in [0, 0.1) is 6.92 Å². The first kappa shape index (κ1) is 19.0. The van der Waals surface area contributed by atoms with Crippen LogP contribution in [0.25, 0.3) is 0 Å². The molecule has 1 aromatic carbocycles. The quantitative estimate of drug-likeness (QED) is 0.813. The fourth-order valence-corrected chi connectivity index (χ4v) is 3.19. The molecule has 1 aromatic heterocycles. The predicted molar refractivity (Wildman–Crippen MR) is 101 cm³/mol. The van der Waals surface area contributed by atoms with Crippen LogP contribution >= 0.6 is 0 Å². The molecule has 1 unspecified atom stereocenters. The average Bonchev–Trinajstić information content (AvgIpc) is 3.19. The van der Waals surface area contributed by atoms with Crippen LogP contribution in [0.5, 0.6) is 0 Å². The van der Waals surface area contributed by atoms with Gasteiger partial charge in [0.25, 0.3) is 5.91 Å². The van der Waals surface area contributed by atoms with Crippen LogP contribution < -0.4 is 0 Å². The zero-order chi connectivity index (χ0) is 19.2. The van der Waals surface area contributed by atoms with Crippen molar-refractivity contribution < 1.29 is 19.4 Å². The SMILES string of the molecule is Cc1ccc(CCN(CC2CCCO2)C(=O)c2ccnc(C(=O)O)c2)cc1. The highest BCUT2D eigenvalue weighted by atomic mass is 16.5. The highest BCUT2D eigenvalue weighted by molar-refractivity contribution is 5.96. The fraction of sp³-hybridized carbons (Fsp3) is 0.381. The second-order valence-electron chi connectivity index (χ2n) is 6.86. The fourth-order valence-electron chi connectivity index (χ4n) is 3.19. The van der Waals surface area contributed by atoms with Gasteiger partial charge in [0.1, 0.15) is 5.69 Å². The molecule has 1 saturated heterocycles. The van der Waals surface area contributed by atoms with Gasteiger partial charge in [-0.1, -0.05) is 29.8 Å². The zero-order valence-corrected chi connectivity index (χ0v) is 15.4. The van der Waals surface area contributed by atoms with Gasteiger partial charge in [-0.25, -0.2) is 9.78 Å². The second-order valence-corrected chi connectivity index (χ2v) is 6.86. The number of rotatable bonds is 7. The lowest BCUT2D eigenvalue weighted by atomic mass is 10.1. The van der Waals surface area contributed by atoms with Crippen molar-refractivity contribution in [2.45, 2.75) is 32.3 Å². The van der Waals surface area contributed by atoms with Crippen molar-refractivity contribution in [3.05, 3.63) is 65.0 Å². The summed E-state index contributed by atoms with van der Waals surface area (Å²) in [5.41, 5.74) is 2.57. The first-order valence-electron chi connectivity index (χ1n) is 9.18. The number of carboxylic acids is 1. The van der Waals surface area contributed by atoms with Crippen LogP contribution in [0.1, 0.15) is 44.8 Å². The molecule has 0 bridgehead atoms. The van der Waals surface area contributed by atoms with E-state index < -0.39 is 5.97 Å². The molecule has 1 amide bonds. The van der Waals surface area contributed by atoms with E-state index in [4.69, 9.17) is 9.84 Å². The van der Waals surface area contributed by atoms with Crippen molar-refractivity contribution in [3.63, 3.8) is 0 Å². The number of nitrogens with zero attached hydrogens (tertiary/aromatic N) is 2. The van der Waals surface area contributed by atoms with Crippen LogP contribution in [0.4, 0.5) is 0 Å². The van der Waals surface area contributed by atoms with Gasteiger partial charge in [0.05, 0.1) is 6.10 Å². The van der Waals surface area contributed by atoms with Crippen LogP contribution in [-0.2, 0) is 11.2 Å². The molecule has 1 fully saturated rings. The number of aromatic carboxylic acids is 1. The van der Waals surface area contributed by atoms with Gasteiger partial charge in [0.2, 0.25) is 0 Å². The molecule has 3 rings (SSSR count). The van der Waals surface area contributed by atoms with Gasteiger partial charge in [0.15, 0.2) is 0 Å². The van der Waals surface area contributed by atoms with Gasteiger partial charge < -0.3 is 14.7 Å². The molecule has 1 aliphatic heterocycles. The minimum Gasteiger partial charge on any atom is -0.477 e. The van der Waals surface area contributed by atoms with Crippen LogP contribution in [0.3, 0.4) is 0 Å². The Bertz CT molecular complexity index is 798. The van der Waals surface area contributed by atoms with Crippen molar-refractivity contribution in [1.29, 1.82) is 0 Å². The molecule has 2 heterocycles. The maximum atomic E-state index is 13.0. The molecule has 1 N–H and O–H groups in total. The molecule has 0 spiro atoms. The van der Waals surface area contributed by atoms with E-state index in [0.29, 0.717) is 18.7 Å². The van der Waals surface area contributed by atoms with Crippen LogP contribution in [-0.4, -0.2) is 52.7 Å². The number of pyridine rings is 1. The molecular formula is C21H24N2O4. The monoisotopic (exact) mass is 368 g/mol. The summed E-state index contributed by atoms with van der Waals surface area (Å²) in [6.07, 6.45) is 4.07. The first-order chi connectivity index (χ1) is 13.0. The van der Waals surface area contributed by atoms with E-state index in [0.717, 1.165) is 31.4 Å². The third-order valence-corrected chi connectivity index (χ3v) is 4.75. The van der Waals surface area contributed by atoms with E-state index in [1.54, 1.807) is 11.0 Å². The largest absolute Gasteiger partial charge is 0.477 e. The maximum absolute atomic E-state index is 13.0. The number of carboxylic acid groups (broad SMARTS) is 1. The number of aryl methyl sites for hydroxylation is 1. The third kappa shape index (κ3) is 5.14. The van der Waals surface area contributed by atoms with Gasteiger partial charge in [-0.3, -0.25) is 4.79 Å². The topological polar surface area (TPSA) is 79.7 Å². The van der Waals surface area contributed by atoms with Crippen molar-refractivity contribution in [2.75, 3.05) is 19.7 Å². The molecule has 1 atom stereocenters. The Kier molecular flexibility index (Phi) is 6.19. The predicted octanol–water partition coefficient (Wildman–Crippen LogP) is 2.95. The average molecular weight is 368 g/mol. The molecule has 27 heavy (non-hydrogen) atoms. The van der Waals surface area contributed by atoms with E-state index >= 15 is 0 Å². The van der Waals surface area contributed by atoms with Crippen LogP contribution in [0.15, 0.2) is 42.6 Å². The number of hydrogen-bond donors (Lipinski definition) is 1. The lowest BCUT2D eigenvalue weighted by Crippen LogP contribution is -2.39. The lowest BCUT2D eigenvalue weighted by Gasteiger charge is -2.26. The number of benzene rings is 1. The summed E-state index contributed by atoms with van der Waals surface area (Å²) < 4.78 is 5.70. The number of carbonyl (C=O) groups excluding carboxylic acids is 1. The molecule has 2 aromatic rings. The summed E-state index contributed by atoms with van der Waals surface area (Å²) in [7, 11) is 0. The number of carbonyl (C=O) groups is 2. The smallest absolute Gasteiger partial charge is 0.354 e. The standard InChI is InChI=1S/C21H24N2O4/c1-15-4-6-16(7-5-15)9-11-23(14-18-3-2-12-27-18)20(24)17-8-10-22-19(13-17)21(25)26/h4-8,10,13,18H,2-3,9,11-12,14H2,1H3,(H,25,26). The van der Waals surface area contributed by atoms with E-state index in [1.807, 2.05) is 6.92 Å². The Morgan fingerprint density at radius 2 is 2.04 bits per heavy atom. The zero-order valence-electron chi connectivity index (χ0n) is 15.4. The number of ether oxygens (including phenoxy) is 1. The van der Waals surface area contributed by atoms with Gasteiger partial charge in [-0.05, 0) is 43.9 Å². The van der Waals surface area contributed by atoms with E-state index in [1.165, 1.54) is 17.8 Å². The Labute approximate surface area is 158 Å². The van der Waals surface area contributed by atoms with Gasteiger partial charge in [-0.15, -0.1) is 0 Å². The molecule has 0 radical (unpaired) electrons. The summed E-state index contributed by atoms with van der Waals surface area (Å²) in [5, 5.41) is 9.13. The number of hydrogen-bond acceptors (Lipinski definition) is 4. The first-order valence-corrected chi connectivity index (χ1v) is 9.18. The molecule has 0 aliphatic carbocycles. The maximum Gasteiger partial charge on any atom is 0.354 e. The minimum atomic E-state index is -1.14. The molecule has 6 heteroatoms. The Morgan fingerprint density at radius 1 is 1.26 bits per heavy atom. The number of amides is 1. The molecule has 142 valence electrons. The Balaban J connectivity index is 1.75. The summed E-state index contributed by atoms with van der Waals surface area (Å²) >= 11 is 0. The van der Waals surface area contributed by atoms with Crippen LogP contribution in [0.2, 0.25) is 0 Å². The third-order valence-electron chi connectivity index (χ3n) is 4.75. The van der Waals surface area contributed by atoms with Crippen molar-refractivity contribution in [1.82, 2.24) is 9.88 Å². The summed E-state index contributed by atoms with van der Waals surface area (Å²) in [5.74, 6) is -1.34. The van der Waals surface area contributed by atoms with Gasteiger partial charge >= 0.3 is 5.97 Å². The van der Waals surface area contributed by atoms with E-state index in [2.05, 4.69) is 29.2 Å². The van der Waals surface area contributed by atoms with Crippen molar-refractivity contribution >= 4 is 11.9 Å². The van der Waals surface area contributed by atoms with Gasteiger partial charge in [0, 0.05) is 31.5 Å². The molecule has 1 aliphatic rings. The molecule has 6 nitrogen and oxygen atoms in total. The minimum absolute atomic E-state index is 0.0350. The van der Waals surface area contributed by atoms with Crippen molar-refractivity contribution in [2.24, 2.45) is 0 Å². The summed E-state index contributed by atoms with van der Waals surface area (Å²) in [4.78, 5) is 29.7. The normalized spacial score (nSPS) is 16.3. The molecular weight excluding hydrogens is 344 g/mol. The number of aromatic nitrogens is 1. The highest BCUT2D eigenvalue weighted by Gasteiger charge is 2.24. The Hall–Kier alpha value is -2.73. The van der Waals surface area contributed by atoms with Crippen molar-refractivity contribution in [3.8, 4) is 0 Å². The van der Waals surface area contributed by atoms with E-state index in [-0.39, 0.29) is 17.7 Å². The Morgan fingerprint density at radius 3 is 2.70 bits per heavy atom. The summed E-state index contributed by atoms with van der Waals surface area (Å²) in [6.45, 7) is 3.82. The highest BCUT2D eigenvalue weighted by Crippen LogP contribution is 2.16.